The smallest absolute Gasteiger partial charge is 0.340 e. The van der Waals surface area contributed by atoms with E-state index in [4.69, 9.17) is 4.74 Å². The Kier molecular flexibility index (Phi) is 6.00. The number of pyridine rings is 1. The number of thiophene rings is 1. The Balaban J connectivity index is 1.89. The van der Waals surface area contributed by atoms with E-state index < -0.39 is 5.97 Å². The molecule has 0 fully saturated rings. The fourth-order valence-electron chi connectivity index (χ4n) is 1.64. The van der Waals surface area contributed by atoms with Gasteiger partial charge in [-0.05, 0) is 34.1 Å². The molecule has 1 N–H and O–H groups in total. The number of halogens is 1. The number of aromatic nitrogens is 1. The van der Waals surface area contributed by atoms with Gasteiger partial charge in [-0.3, -0.25) is 14.6 Å². The maximum Gasteiger partial charge on any atom is 0.340 e. The molecule has 2 heterocycles. The van der Waals surface area contributed by atoms with Crippen LogP contribution in [0.5, 0.6) is 0 Å². The number of carbonyl (C=O) groups excluding carboxylic acids is 3. The van der Waals surface area contributed by atoms with Gasteiger partial charge in [-0.2, -0.15) is 0 Å². The van der Waals surface area contributed by atoms with E-state index >= 15 is 0 Å². The Morgan fingerprint density at radius 2 is 2.09 bits per heavy atom. The molecule has 0 aliphatic carbocycles. The molecular formula is C15H13BrN2O4S. The summed E-state index contributed by atoms with van der Waals surface area (Å²) in [6.45, 7) is 1.46. The predicted molar refractivity (Wildman–Crippen MR) is 88.4 cm³/mol. The highest BCUT2D eigenvalue weighted by Crippen LogP contribution is 2.17. The third-order valence-electron chi connectivity index (χ3n) is 2.72. The third-order valence-corrected chi connectivity index (χ3v) is 4.28. The van der Waals surface area contributed by atoms with Crippen LogP contribution in [0.2, 0.25) is 0 Å². The number of ketones is 1. The third kappa shape index (κ3) is 5.26. The number of ether oxygens (including phenoxy) is 1. The van der Waals surface area contributed by atoms with Crippen LogP contribution in [-0.2, 0) is 16.1 Å². The lowest BCUT2D eigenvalue weighted by Crippen LogP contribution is -2.18. The van der Waals surface area contributed by atoms with Gasteiger partial charge in [0.2, 0.25) is 11.7 Å². The van der Waals surface area contributed by atoms with Gasteiger partial charge in [0.25, 0.3) is 0 Å². The molecule has 0 unspecified atom stereocenters. The van der Waals surface area contributed by atoms with E-state index in [0.717, 1.165) is 4.88 Å². The van der Waals surface area contributed by atoms with Crippen LogP contribution < -0.4 is 5.32 Å². The Labute approximate surface area is 145 Å². The minimum Gasteiger partial charge on any atom is -0.454 e. The molecule has 23 heavy (non-hydrogen) atoms. The molecule has 0 aromatic carbocycles. The largest absolute Gasteiger partial charge is 0.454 e. The first-order chi connectivity index (χ1) is 11.0. The molecule has 2 aromatic heterocycles. The average Bonchev–Trinajstić information content (AvgIpc) is 2.99. The number of carbonyl (C=O) groups is 3. The van der Waals surface area contributed by atoms with Gasteiger partial charge in [0, 0.05) is 28.7 Å². The molecule has 8 heteroatoms. The zero-order chi connectivity index (χ0) is 16.8. The van der Waals surface area contributed by atoms with Crippen molar-refractivity contribution in [2.24, 2.45) is 0 Å². The van der Waals surface area contributed by atoms with Crippen molar-refractivity contribution < 1.29 is 19.1 Å². The molecule has 2 aromatic rings. The van der Waals surface area contributed by atoms with Crippen molar-refractivity contribution in [2.75, 3.05) is 6.61 Å². The molecule has 0 saturated carbocycles. The van der Waals surface area contributed by atoms with E-state index in [-0.39, 0.29) is 23.9 Å². The fraction of sp³-hybridized carbons (Fsp3) is 0.200. The van der Waals surface area contributed by atoms with Crippen LogP contribution in [0.3, 0.4) is 0 Å². The normalized spacial score (nSPS) is 10.2. The van der Waals surface area contributed by atoms with E-state index in [1.807, 2.05) is 0 Å². The van der Waals surface area contributed by atoms with E-state index in [2.05, 4.69) is 26.2 Å². The average molecular weight is 397 g/mol. The topological polar surface area (TPSA) is 85.4 Å². The van der Waals surface area contributed by atoms with Crippen LogP contribution in [0.1, 0.15) is 31.8 Å². The van der Waals surface area contributed by atoms with Crippen LogP contribution in [0.15, 0.2) is 35.1 Å². The van der Waals surface area contributed by atoms with Crippen molar-refractivity contribution >= 4 is 44.9 Å². The second-order valence-electron chi connectivity index (χ2n) is 4.57. The molecule has 0 saturated heterocycles. The van der Waals surface area contributed by atoms with Crippen molar-refractivity contribution in [1.29, 1.82) is 0 Å². The summed E-state index contributed by atoms with van der Waals surface area (Å²) in [5, 5.41) is 2.65. The van der Waals surface area contributed by atoms with Gasteiger partial charge in [-0.15, -0.1) is 11.3 Å². The summed E-state index contributed by atoms with van der Waals surface area (Å²) in [6, 6.07) is 4.98. The summed E-state index contributed by atoms with van der Waals surface area (Å²) in [7, 11) is 0. The van der Waals surface area contributed by atoms with Gasteiger partial charge in [-0.1, -0.05) is 0 Å². The fourth-order valence-corrected chi connectivity index (χ4v) is 2.88. The van der Waals surface area contributed by atoms with E-state index in [0.29, 0.717) is 15.9 Å². The first kappa shape index (κ1) is 17.3. The number of rotatable bonds is 6. The number of hydrogen-bond donors (Lipinski definition) is 1. The second kappa shape index (κ2) is 7.98. The SMILES string of the molecule is CC(=O)NCc1ccc(C(=O)COC(=O)c2cncc(Br)c2)s1. The van der Waals surface area contributed by atoms with Crippen LogP contribution in [0.4, 0.5) is 0 Å². The van der Waals surface area contributed by atoms with Crippen LogP contribution in [-0.4, -0.2) is 29.3 Å². The molecule has 1 amide bonds. The van der Waals surface area contributed by atoms with Gasteiger partial charge < -0.3 is 10.1 Å². The molecule has 0 bridgehead atoms. The minimum atomic E-state index is -0.609. The Morgan fingerprint density at radius 3 is 2.78 bits per heavy atom. The second-order valence-corrected chi connectivity index (χ2v) is 6.65. The Hall–Kier alpha value is -2.06. The summed E-state index contributed by atoms with van der Waals surface area (Å²) in [4.78, 5) is 39.9. The van der Waals surface area contributed by atoms with Crippen LogP contribution in [0, 0.1) is 0 Å². The Morgan fingerprint density at radius 1 is 1.30 bits per heavy atom. The van der Waals surface area contributed by atoms with Crippen molar-refractivity contribution in [3.8, 4) is 0 Å². The van der Waals surface area contributed by atoms with E-state index in [9.17, 15) is 14.4 Å². The quantitative estimate of drug-likeness (QED) is 0.598. The van der Waals surface area contributed by atoms with Gasteiger partial charge in [0.05, 0.1) is 17.0 Å². The maximum atomic E-state index is 12.0. The number of nitrogens with one attached hydrogen (secondary N) is 1. The zero-order valence-corrected chi connectivity index (χ0v) is 14.6. The highest BCUT2D eigenvalue weighted by atomic mass is 79.9. The summed E-state index contributed by atoms with van der Waals surface area (Å²) in [6.07, 6.45) is 2.92. The lowest BCUT2D eigenvalue weighted by atomic mass is 10.3. The number of hydrogen-bond acceptors (Lipinski definition) is 6. The number of nitrogens with zero attached hydrogens (tertiary/aromatic N) is 1. The number of Topliss-reactive ketones (excluding diaryl/α,β-unsaturated/α-hetero) is 1. The summed E-state index contributed by atoms with van der Waals surface area (Å²) in [5.41, 5.74) is 0.268. The molecule has 0 spiro atoms. The van der Waals surface area contributed by atoms with Gasteiger partial charge in [0.15, 0.2) is 6.61 Å². The predicted octanol–water partition coefficient (Wildman–Crippen LogP) is 2.58. The molecule has 0 aliphatic rings. The van der Waals surface area contributed by atoms with Gasteiger partial charge in [0.1, 0.15) is 0 Å². The van der Waals surface area contributed by atoms with Gasteiger partial charge >= 0.3 is 5.97 Å². The van der Waals surface area contributed by atoms with Gasteiger partial charge in [-0.25, -0.2) is 4.79 Å². The summed E-state index contributed by atoms with van der Waals surface area (Å²) in [5.74, 6) is -1.04. The van der Waals surface area contributed by atoms with E-state index in [1.165, 1.54) is 24.5 Å². The standard InChI is InChI=1S/C15H13BrN2O4S/c1-9(19)18-7-12-2-3-14(23-12)13(20)8-22-15(21)10-4-11(16)6-17-5-10/h2-6H,7-8H2,1H3,(H,18,19). The van der Waals surface area contributed by atoms with Crippen molar-refractivity contribution in [3.63, 3.8) is 0 Å². The van der Waals surface area contributed by atoms with Crippen LogP contribution in [0.25, 0.3) is 0 Å². The molecule has 6 nitrogen and oxygen atoms in total. The monoisotopic (exact) mass is 396 g/mol. The summed E-state index contributed by atoms with van der Waals surface area (Å²) < 4.78 is 5.65. The molecule has 120 valence electrons. The first-order valence-corrected chi connectivity index (χ1v) is 8.20. The van der Waals surface area contributed by atoms with Crippen molar-refractivity contribution in [1.82, 2.24) is 10.3 Å². The summed E-state index contributed by atoms with van der Waals surface area (Å²) >= 11 is 4.47. The Bertz CT molecular complexity index is 745. The maximum absolute atomic E-state index is 12.0. The van der Waals surface area contributed by atoms with Crippen molar-refractivity contribution in [3.05, 3.63) is 50.4 Å². The highest BCUT2D eigenvalue weighted by molar-refractivity contribution is 9.10. The molecule has 0 atom stereocenters. The zero-order valence-electron chi connectivity index (χ0n) is 12.2. The molecule has 2 rings (SSSR count). The molecular weight excluding hydrogens is 384 g/mol. The lowest BCUT2D eigenvalue weighted by molar-refractivity contribution is -0.119. The number of amides is 1. The van der Waals surface area contributed by atoms with E-state index in [1.54, 1.807) is 24.4 Å². The first-order valence-electron chi connectivity index (χ1n) is 6.59. The minimum absolute atomic E-state index is 0.136. The molecule has 0 aliphatic heterocycles. The van der Waals surface area contributed by atoms with Crippen LogP contribution >= 0.6 is 27.3 Å². The number of esters is 1. The molecule has 0 radical (unpaired) electrons. The lowest BCUT2D eigenvalue weighted by Gasteiger charge is -2.03. The van der Waals surface area contributed by atoms with Crippen molar-refractivity contribution in [2.45, 2.75) is 13.5 Å². The highest BCUT2D eigenvalue weighted by Gasteiger charge is 2.14.